The van der Waals surface area contributed by atoms with Crippen molar-refractivity contribution in [2.45, 2.75) is 43.2 Å². The summed E-state index contributed by atoms with van der Waals surface area (Å²) in [5.74, 6) is 1.52. The van der Waals surface area contributed by atoms with Crippen LogP contribution in [0.4, 0.5) is 10.5 Å². The first kappa shape index (κ1) is 25.6. The predicted molar refractivity (Wildman–Crippen MR) is 148 cm³/mol. The summed E-state index contributed by atoms with van der Waals surface area (Å²) in [5.41, 5.74) is 3.96. The van der Waals surface area contributed by atoms with E-state index in [2.05, 4.69) is 55.7 Å². The summed E-state index contributed by atoms with van der Waals surface area (Å²) >= 11 is 3.55. The monoisotopic (exact) mass is 567 g/mol. The van der Waals surface area contributed by atoms with Gasteiger partial charge in [0.05, 0.1) is 18.7 Å². The molecule has 2 aromatic carbocycles. The predicted octanol–water partition coefficient (Wildman–Crippen LogP) is 5.18. The minimum Gasteiger partial charge on any atom is -0.493 e. The number of fused-ring (bicyclic) bond motifs is 1. The number of methoxy groups -OCH3 is 2. The van der Waals surface area contributed by atoms with Gasteiger partial charge in [-0.25, -0.2) is 4.79 Å². The Morgan fingerprint density at radius 3 is 2.51 bits per heavy atom. The number of likely N-dealkylation sites (N-methyl/N-ethyl adjacent to an activating group) is 1. The van der Waals surface area contributed by atoms with Crippen LogP contribution >= 0.6 is 15.9 Å². The minimum absolute atomic E-state index is 0.0541. The molecule has 3 atom stereocenters. The second kappa shape index (κ2) is 10.4. The van der Waals surface area contributed by atoms with Crippen molar-refractivity contribution < 1.29 is 14.3 Å². The Hall–Kier alpha value is -3.04. The van der Waals surface area contributed by atoms with Gasteiger partial charge in [-0.3, -0.25) is 4.68 Å². The number of aryl methyl sites for hydroxylation is 1. The van der Waals surface area contributed by atoms with E-state index in [4.69, 9.17) is 9.47 Å². The van der Waals surface area contributed by atoms with Crippen LogP contribution in [0.5, 0.6) is 11.5 Å². The smallest absolute Gasteiger partial charge is 0.319 e. The molecule has 1 saturated carbocycles. The van der Waals surface area contributed by atoms with Crippen LogP contribution in [0.15, 0.2) is 53.1 Å². The number of anilines is 1. The van der Waals surface area contributed by atoms with Gasteiger partial charge in [-0.1, -0.05) is 18.2 Å². The van der Waals surface area contributed by atoms with Gasteiger partial charge in [0.15, 0.2) is 11.5 Å². The third kappa shape index (κ3) is 4.94. The molecule has 2 amide bonds. The highest BCUT2D eigenvalue weighted by Crippen LogP contribution is 2.49. The van der Waals surface area contributed by atoms with Crippen LogP contribution in [0, 0.1) is 0 Å². The summed E-state index contributed by atoms with van der Waals surface area (Å²) in [6.45, 7) is 1.04. The van der Waals surface area contributed by atoms with Crippen molar-refractivity contribution in [2.75, 3.05) is 33.1 Å². The number of halogens is 1. The zero-order valence-corrected chi connectivity index (χ0v) is 23.3. The SMILES string of the molecule is COc1ccc(C23CCC(NC(=O)Nc4ccc(-c5nn(C)cc5Br)cc4)CC2N(C)CC3)cc1OC. The summed E-state index contributed by atoms with van der Waals surface area (Å²) in [7, 11) is 7.43. The van der Waals surface area contributed by atoms with E-state index in [1.165, 1.54) is 5.56 Å². The fourth-order valence-electron chi connectivity index (χ4n) is 6.11. The Balaban J connectivity index is 1.24. The van der Waals surface area contributed by atoms with Crippen molar-refractivity contribution in [1.29, 1.82) is 0 Å². The van der Waals surface area contributed by atoms with Crippen LogP contribution in [-0.4, -0.2) is 60.6 Å². The number of likely N-dealkylation sites (tertiary alicyclic amines) is 1. The molecule has 1 aliphatic carbocycles. The van der Waals surface area contributed by atoms with Crippen LogP contribution in [0.3, 0.4) is 0 Å². The molecule has 3 aromatic rings. The number of nitrogens with zero attached hydrogens (tertiary/aromatic N) is 3. The quantitative estimate of drug-likeness (QED) is 0.428. The number of hydrogen-bond acceptors (Lipinski definition) is 5. The first-order chi connectivity index (χ1) is 17.8. The van der Waals surface area contributed by atoms with Gasteiger partial charge in [-0.15, -0.1) is 0 Å². The number of nitrogens with one attached hydrogen (secondary N) is 2. The number of ether oxygens (including phenoxy) is 2. The molecule has 8 nitrogen and oxygen atoms in total. The van der Waals surface area contributed by atoms with Gasteiger partial charge in [0, 0.05) is 42.0 Å². The van der Waals surface area contributed by atoms with Gasteiger partial charge >= 0.3 is 6.03 Å². The second-order valence-corrected chi connectivity index (χ2v) is 11.0. The normalized spacial score (nSPS) is 23.4. The number of hydrogen-bond donors (Lipinski definition) is 2. The lowest BCUT2D eigenvalue weighted by atomic mass is 9.65. The van der Waals surface area contributed by atoms with Gasteiger partial charge in [-0.2, -0.15) is 5.10 Å². The molecule has 2 heterocycles. The van der Waals surface area contributed by atoms with E-state index in [0.29, 0.717) is 6.04 Å². The summed E-state index contributed by atoms with van der Waals surface area (Å²) in [6.07, 6.45) is 5.86. The van der Waals surface area contributed by atoms with Crippen molar-refractivity contribution >= 4 is 27.6 Å². The maximum absolute atomic E-state index is 12.9. The lowest BCUT2D eigenvalue weighted by Gasteiger charge is -2.45. The van der Waals surface area contributed by atoms with E-state index in [1.807, 2.05) is 43.6 Å². The molecule has 2 N–H and O–H groups in total. The first-order valence-corrected chi connectivity index (χ1v) is 13.4. The Bertz CT molecular complexity index is 1280. The standard InChI is InChI=1S/C28H34BrN5O3/c1-33-14-13-28(19-7-10-23(36-3)24(15-19)37-4)12-11-21(16-25(28)33)31-27(35)30-20-8-5-18(6-9-20)26-22(29)17-34(2)32-26/h5-10,15,17,21,25H,11-14,16H2,1-4H3,(H2,30,31,35). The van der Waals surface area contributed by atoms with E-state index >= 15 is 0 Å². The maximum atomic E-state index is 12.9. The minimum atomic E-state index is -0.170. The highest BCUT2D eigenvalue weighted by atomic mass is 79.9. The molecular weight excluding hydrogens is 534 g/mol. The molecule has 2 aliphatic rings. The number of urea groups is 1. The molecule has 3 unspecified atom stereocenters. The van der Waals surface area contributed by atoms with Gasteiger partial charge in [0.2, 0.25) is 0 Å². The lowest BCUT2D eigenvalue weighted by Crippen LogP contribution is -2.52. The molecular formula is C28H34BrN5O3. The highest BCUT2D eigenvalue weighted by Gasteiger charge is 2.50. The number of aromatic nitrogens is 2. The molecule has 1 aliphatic heterocycles. The lowest BCUT2D eigenvalue weighted by molar-refractivity contribution is 0.156. The fourth-order valence-corrected chi connectivity index (χ4v) is 6.72. The second-order valence-electron chi connectivity index (χ2n) is 10.1. The Kier molecular flexibility index (Phi) is 7.18. The van der Waals surface area contributed by atoms with E-state index in [1.54, 1.807) is 18.9 Å². The molecule has 196 valence electrons. The molecule has 1 saturated heterocycles. The van der Waals surface area contributed by atoms with Crippen molar-refractivity contribution in [1.82, 2.24) is 20.0 Å². The average Bonchev–Trinajstić information content (AvgIpc) is 3.42. The summed E-state index contributed by atoms with van der Waals surface area (Å²) in [6, 6.07) is 14.4. The van der Waals surface area contributed by atoms with Crippen LogP contribution in [-0.2, 0) is 12.5 Å². The van der Waals surface area contributed by atoms with Crippen LogP contribution in [0.25, 0.3) is 11.3 Å². The van der Waals surface area contributed by atoms with Crippen molar-refractivity contribution in [3.63, 3.8) is 0 Å². The summed E-state index contributed by atoms with van der Waals surface area (Å²) in [5, 5.41) is 10.7. The Labute approximate surface area is 226 Å². The third-order valence-electron chi connectivity index (χ3n) is 8.02. The molecule has 37 heavy (non-hydrogen) atoms. The number of amides is 2. The number of carbonyl (C=O) groups is 1. The van der Waals surface area contributed by atoms with Crippen LogP contribution in [0.2, 0.25) is 0 Å². The van der Waals surface area contributed by atoms with E-state index in [0.717, 1.165) is 65.1 Å². The maximum Gasteiger partial charge on any atom is 0.319 e. The molecule has 0 bridgehead atoms. The highest BCUT2D eigenvalue weighted by molar-refractivity contribution is 9.10. The summed E-state index contributed by atoms with van der Waals surface area (Å²) < 4.78 is 13.8. The van der Waals surface area contributed by atoms with Crippen molar-refractivity contribution in [2.24, 2.45) is 7.05 Å². The van der Waals surface area contributed by atoms with Crippen molar-refractivity contribution in [3.05, 3.63) is 58.7 Å². The van der Waals surface area contributed by atoms with Gasteiger partial charge in [0.1, 0.15) is 5.69 Å². The Morgan fingerprint density at radius 2 is 1.84 bits per heavy atom. The largest absolute Gasteiger partial charge is 0.493 e. The van der Waals surface area contributed by atoms with Crippen molar-refractivity contribution in [3.8, 4) is 22.8 Å². The van der Waals surface area contributed by atoms with E-state index in [-0.39, 0.29) is 17.5 Å². The number of carbonyl (C=O) groups excluding carboxylic acids is 1. The number of benzene rings is 2. The molecule has 2 fully saturated rings. The van der Waals surface area contributed by atoms with Crippen LogP contribution in [0.1, 0.15) is 31.2 Å². The van der Waals surface area contributed by atoms with Crippen LogP contribution < -0.4 is 20.1 Å². The zero-order chi connectivity index (χ0) is 26.2. The number of rotatable bonds is 6. The van der Waals surface area contributed by atoms with E-state index in [9.17, 15) is 4.79 Å². The molecule has 0 radical (unpaired) electrons. The average molecular weight is 569 g/mol. The first-order valence-electron chi connectivity index (χ1n) is 12.6. The van der Waals surface area contributed by atoms with Gasteiger partial charge in [-0.05, 0) is 85.0 Å². The molecule has 1 aromatic heterocycles. The fraction of sp³-hybridized carbons (Fsp3) is 0.429. The zero-order valence-electron chi connectivity index (χ0n) is 21.8. The molecule has 9 heteroatoms. The molecule has 0 spiro atoms. The topological polar surface area (TPSA) is 80.7 Å². The Morgan fingerprint density at radius 1 is 1.08 bits per heavy atom. The third-order valence-corrected chi connectivity index (χ3v) is 8.60. The molecule has 5 rings (SSSR count). The van der Waals surface area contributed by atoms with Gasteiger partial charge < -0.3 is 25.0 Å². The summed E-state index contributed by atoms with van der Waals surface area (Å²) in [4.78, 5) is 15.3. The van der Waals surface area contributed by atoms with Gasteiger partial charge in [0.25, 0.3) is 0 Å². The van der Waals surface area contributed by atoms with E-state index < -0.39 is 0 Å².